The smallest absolute Gasteiger partial charge is 0.307 e. The van der Waals surface area contributed by atoms with Gasteiger partial charge in [0, 0.05) is 19.3 Å². The van der Waals surface area contributed by atoms with E-state index >= 15 is 0 Å². The Kier molecular flexibility index (Phi) is 2.01. The van der Waals surface area contributed by atoms with Crippen molar-refractivity contribution in [2.75, 3.05) is 17.8 Å². The molecule has 0 saturated carbocycles. The van der Waals surface area contributed by atoms with Crippen molar-refractivity contribution in [3.05, 3.63) is 36.8 Å². The van der Waals surface area contributed by atoms with Gasteiger partial charge in [-0.1, -0.05) is 6.07 Å². The average molecular weight is 192 g/mol. The first-order valence-corrected chi connectivity index (χ1v) is 4.40. The van der Waals surface area contributed by atoms with Crippen LogP contribution in [0.5, 0.6) is 0 Å². The maximum atomic E-state index is 5.94. The molecule has 1 unspecified atom stereocenters. The third-order valence-electron chi connectivity index (χ3n) is 2.30. The van der Waals surface area contributed by atoms with Crippen molar-refractivity contribution in [3.8, 4) is 0 Å². The van der Waals surface area contributed by atoms with Gasteiger partial charge in [0.1, 0.15) is 12.4 Å². The van der Waals surface area contributed by atoms with E-state index in [2.05, 4.69) is 0 Å². The highest BCUT2D eigenvalue weighted by Gasteiger charge is 2.29. The topological polar surface area (TPSA) is 62.4 Å². The molecule has 0 spiro atoms. The van der Waals surface area contributed by atoms with Crippen molar-refractivity contribution in [1.82, 2.24) is 4.90 Å². The molecule has 2 heterocycles. The molecule has 0 amide bonds. The summed E-state index contributed by atoms with van der Waals surface area (Å²) in [6, 6.07) is 5.72. The number of nitrogens with zero attached hydrogens (tertiary/aromatic N) is 3. The molecule has 0 aliphatic carbocycles. The summed E-state index contributed by atoms with van der Waals surface area (Å²) in [5.41, 5.74) is 5.94. The van der Waals surface area contributed by atoms with Crippen LogP contribution < -0.4 is 21.2 Å². The van der Waals surface area contributed by atoms with Gasteiger partial charge in [-0.05, 0) is 6.07 Å². The van der Waals surface area contributed by atoms with Gasteiger partial charge in [-0.3, -0.25) is 11.6 Å². The largest absolute Gasteiger partial charge is 0.327 e. The van der Waals surface area contributed by atoms with Crippen LogP contribution in [0, 0.1) is 0 Å². The van der Waals surface area contributed by atoms with Crippen LogP contribution in [0.2, 0.25) is 0 Å². The maximum Gasteiger partial charge on any atom is 0.307 e. The summed E-state index contributed by atoms with van der Waals surface area (Å²) in [5, 5.41) is 0. The minimum absolute atomic E-state index is 0.188. The molecule has 5 heteroatoms. The Labute approximate surface area is 82.8 Å². The fourth-order valence-electron chi connectivity index (χ4n) is 1.43. The zero-order valence-corrected chi connectivity index (χ0v) is 8.04. The lowest BCUT2D eigenvalue weighted by molar-refractivity contribution is -0.625. The molecule has 1 aliphatic heterocycles. The molecule has 4 N–H and O–H groups in total. The molecule has 0 saturated heterocycles. The summed E-state index contributed by atoms with van der Waals surface area (Å²) in [6.45, 7) is 0. The van der Waals surface area contributed by atoms with Gasteiger partial charge in [-0.2, -0.15) is 4.90 Å². The van der Waals surface area contributed by atoms with Crippen molar-refractivity contribution >= 4 is 5.82 Å². The number of aromatic nitrogens is 1. The summed E-state index contributed by atoms with van der Waals surface area (Å²) in [7, 11) is 1.92. The Bertz CT molecular complexity index is 362. The van der Waals surface area contributed by atoms with Crippen LogP contribution in [0.4, 0.5) is 5.82 Å². The van der Waals surface area contributed by atoms with Crippen molar-refractivity contribution < 1.29 is 4.68 Å². The van der Waals surface area contributed by atoms with Gasteiger partial charge in [0.25, 0.3) is 0 Å². The molecule has 1 aromatic heterocycles. The number of rotatable bonds is 1. The molecule has 1 atom stereocenters. The maximum absolute atomic E-state index is 5.94. The third-order valence-corrected chi connectivity index (χ3v) is 2.30. The third kappa shape index (κ3) is 1.27. The molecule has 5 nitrogen and oxygen atoms in total. The Morgan fingerprint density at radius 3 is 2.71 bits per heavy atom. The quantitative estimate of drug-likeness (QED) is 0.449. The highest BCUT2D eigenvalue weighted by Crippen LogP contribution is 2.15. The first-order valence-electron chi connectivity index (χ1n) is 4.40. The molecule has 1 aromatic rings. The van der Waals surface area contributed by atoms with Gasteiger partial charge < -0.3 is 4.90 Å². The molecule has 1 aliphatic rings. The monoisotopic (exact) mass is 192 g/mol. The van der Waals surface area contributed by atoms with E-state index in [1.165, 1.54) is 0 Å². The summed E-state index contributed by atoms with van der Waals surface area (Å²) in [4.78, 5) is 3.81. The second kappa shape index (κ2) is 3.19. The molecule has 0 radical (unpaired) electrons. The first-order chi connectivity index (χ1) is 6.70. The molecule has 14 heavy (non-hydrogen) atoms. The fourth-order valence-corrected chi connectivity index (χ4v) is 1.43. The predicted octanol–water partition coefficient (Wildman–Crippen LogP) is -0.847. The number of nitrogen functional groups attached to an aromatic ring is 1. The lowest BCUT2D eigenvalue weighted by atomic mass is 10.4. The van der Waals surface area contributed by atoms with E-state index in [9.17, 15) is 0 Å². The van der Waals surface area contributed by atoms with E-state index in [0.717, 1.165) is 5.82 Å². The fraction of sp³-hybridized carbons (Fsp3) is 0.222. The summed E-state index contributed by atoms with van der Waals surface area (Å²) >= 11 is 0. The normalized spacial score (nSPS) is 20.6. The minimum atomic E-state index is -0.188. The van der Waals surface area contributed by atoms with Gasteiger partial charge in [-0.15, -0.1) is 4.68 Å². The van der Waals surface area contributed by atoms with Crippen LogP contribution in [-0.2, 0) is 0 Å². The van der Waals surface area contributed by atoms with Gasteiger partial charge in [0.2, 0.25) is 6.29 Å². The summed E-state index contributed by atoms with van der Waals surface area (Å²) < 4.78 is 1.54. The zero-order chi connectivity index (χ0) is 10.1. The van der Waals surface area contributed by atoms with Crippen LogP contribution >= 0.6 is 0 Å². The zero-order valence-electron chi connectivity index (χ0n) is 8.04. The Balaban J connectivity index is 2.33. The minimum Gasteiger partial charge on any atom is -0.327 e. The van der Waals surface area contributed by atoms with E-state index in [1.807, 2.05) is 47.4 Å². The lowest BCUT2D eigenvalue weighted by Gasteiger charge is -2.20. The number of pyridine rings is 1. The molecule has 0 fully saturated rings. The van der Waals surface area contributed by atoms with Crippen molar-refractivity contribution in [2.45, 2.75) is 6.29 Å². The van der Waals surface area contributed by atoms with Crippen molar-refractivity contribution in [3.63, 3.8) is 0 Å². The van der Waals surface area contributed by atoms with Gasteiger partial charge in [-0.25, -0.2) is 0 Å². The molecule has 0 aromatic carbocycles. The molecular weight excluding hydrogens is 178 g/mol. The summed E-state index contributed by atoms with van der Waals surface area (Å²) in [6.07, 6.45) is 5.42. The van der Waals surface area contributed by atoms with E-state index in [1.54, 1.807) is 10.9 Å². The molecular formula is C9H14N5+. The second-order valence-corrected chi connectivity index (χ2v) is 3.25. The van der Waals surface area contributed by atoms with Gasteiger partial charge in [0.05, 0.1) is 0 Å². The average Bonchev–Trinajstić information content (AvgIpc) is 2.49. The second-order valence-electron chi connectivity index (χ2n) is 3.25. The van der Waals surface area contributed by atoms with E-state index in [4.69, 9.17) is 11.6 Å². The first kappa shape index (κ1) is 8.83. The van der Waals surface area contributed by atoms with Crippen molar-refractivity contribution in [1.29, 1.82) is 0 Å². The lowest BCUT2D eigenvalue weighted by Crippen LogP contribution is -2.53. The van der Waals surface area contributed by atoms with Crippen LogP contribution in [0.3, 0.4) is 0 Å². The summed E-state index contributed by atoms with van der Waals surface area (Å²) in [5.74, 6) is 6.64. The van der Waals surface area contributed by atoms with E-state index < -0.39 is 0 Å². The Morgan fingerprint density at radius 2 is 2.14 bits per heavy atom. The molecule has 0 bridgehead atoms. The highest BCUT2D eigenvalue weighted by atomic mass is 15.5. The van der Waals surface area contributed by atoms with Gasteiger partial charge in [0.15, 0.2) is 0 Å². The number of anilines is 1. The van der Waals surface area contributed by atoms with Crippen LogP contribution in [-0.4, -0.2) is 18.2 Å². The predicted molar refractivity (Wildman–Crippen MR) is 54.1 cm³/mol. The number of hydrogen-bond acceptors (Lipinski definition) is 4. The number of nitrogens with two attached hydrogens (primary N) is 2. The van der Waals surface area contributed by atoms with Crippen molar-refractivity contribution in [2.24, 2.45) is 5.73 Å². The molecule has 2 rings (SSSR count). The van der Waals surface area contributed by atoms with Crippen LogP contribution in [0.15, 0.2) is 36.8 Å². The Morgan fingerprint density at radius 1 is 1.36 bits per heavy atom. The SMILES string of the molecule is CN1C=CN(c2cccc[n+]2N)C1N. The van der Waals surface area contributed by atoms with Gasteiger partial charge >= 0.3 is 5.82 Å². The Hall–Kier alpha value is -1.75. The van der Waals surface area contributed by atoms with Crippen LogP contribution in [0.1, 0.15) is 0 Å². The van der Waals surface area contributed by atoms with E-state index in [-0.39, 0.29) is 6.29 Å². The van der Waals surface area contributed by atoms with E-state index in [0.29, 0.717) is 0 Å². The van der Waals surface area contributed by atoms with Crippen LogP contribution in [0.25, 0.3) is 0 Å². The number of hydrogen-bond donors (Lipinski definition) is 2. The highest BCUT2D eigenvalue weighted by molar-refractivity contribution is 5.40. The molecule has 74 valence electrons. The standard InChI is InChI=1S/C9H14N5/c1-12-6-7-13(9(12)10)8-4-2-3-5-14(8)11/h2-7,9H,10-11H2,1H3/q+1.